The van der Waals surface area contributed by atoms with Crippen LogP contribution in [-0.2, 0) is 0 Å². The Hall–Kier alpha value is -6.08. The number of aromatic nitrogens is 1. The van der Waals surface area contributed by atoms with E-state index in [1.165, 1.54) is 62.2 Å². The molecule has 3 aromatic heterocycles. The quantitative estimate of drug-likeness (QED) is 0.197. The van der Waals surface area contributed by atoms with Gasteiger partial charge in [0.25, 0.3) is 0 Å². The highest BCUT2D eigenvalue weighted by Gasteiger charge is 2.24. The summed E-state index contributed by atoms with van der Waals surface area (Å²) >= 11 is 3.73. The first kappa shape index (κ1) is 28.7. The standard InChI is InChI=1S/C45H28N4S2/c1-2-11-27(12-3-1)43-46-44(48-45(47-43)49-37-18-7-4-13-31(37)32-14-5-8-19-38(32)49)29-22-24-35-34-23-21-28(25-40(34)50-41(35)26-29)30-16-10-17-36-33-15-6-9-20-39(33)51-42(30)36/h1-26,44H,(H,46,47,48). The summed E-state index contributed by atoms with van der Waals surface area (Å²) in [5.41, 5.74) is 6.86. The van der Waals surface area contributed by atoms with E-state index in [-0.39, 0.29) is 0 Å². The Morgan fingerprint density at radius 1 is 0.471 bits per heavy atom. The van der Waals surface area contributed by atoms with Crippen molar-refractivity contribution in [2.45, 2.75) is 6.17 Å². The summed E-state index contributed by atoms with van der Waals surface area (Å²) < 4.78 is 7.44. The Morgan fingerprint density at radius 2 is 1.12 bits per heavy atom. The lowest BCUT2D eigenvalue weighted by Gasteiger charge is -2.23. The monoisotopic (exact) mass is 688 g/mol. The van der Waals surface area contributed by atoms with E-state index in [2.05, 4.69) is 162 Å². The largest absolute Gasteiger partial charge is 0.310 e. The number of hydrogen-bond acceptors (Lipinski definition) is 5. The molecule has 1 unspecified atom stereocenters. The summed E-state index contributed by atoms with van der Waals surface area (Å²) in [6, 6.07) is 56.6. The van der Waals surface area contributed by atoms with Gasteiger partial charge in [0.2, 0.25) is 5.96 Å². The van der Waals surface area contributed by atoms with Crippen molar-refractivity contribution in [2.75, 3.05) is 0 Å². The van der Waals surface area contributed by atoms with Gasteiger partial charge in [0.1, 0.15) is 5.84 Å². The predicted molar refractivity (Wildman–Crippen MR) is 219 cm³/mol. The fourth-order valence-electron chi connectivity index (χ4n) is 7.69. The van der Waals surface area contributed by atoms with Gasteiger partial charge in [-0.05, 0) is 47.0 Å². The maximum Gasteiger partial charge on any atom is 0.211 e. The molecule has 1 N–H and O–H groups in total. The van der Waals surface area contributed by atoms with E-state index in [0.717, 1.165) is 34.0 Å². The first-order chi connectivity index (χ1) is 25.3. The summed E-state index contributed by atoms with van der Waals surface area (Å²) in [5.74, 6) is 1.58. The number of rotatable bonds is 3. The second-order valence-corrected chi connectivity index (χ2v) is 15.1. The zero-order valence-corrected chi connectivity index (χ0v) is 28.9. The molecule has 1 atom stereocenters. The Bertz CT molecular complexity index is 3020. The van der Waals surface area contributed by atoms with Crippen molar-refractivity contribution in [3.63, 3.8) is 0 Å². The Balaban J connectivity index is 1.05. The van der Waals surface area contributed by atoms with Crippen LogP contribution in [0, 0.1) is 0 Å². The molecule has 0 amide bonds. The number of fused-ring (bicyclic) bond motifs is 9. The molecule has 7 aromatic carbocycles. The Labute approximate surface area is 301 Å². The van der Waals surface area contributed by atoms with Crippen molar-refractivity contribution in [3.05, 3.63) is 169 Å². The van der Waals surface area contributed by atoms with Crippen LogP contribution in [0.1, 0.15) is 17.3 Å². The third kappa shape index (κ3) is 4.50. The molecule has 240 valence electrons. The predicted octanol–water partition coefficient (Wildman–Crippen LogP) is 12.2. The number of aliphatic imine (C=N–C) groups is 2. The van der Waals surface area contributed by atoms with Gasteiger partial charge < -0.3 is 5.32 Å². The fraction of sp³-hybridized carbons (Fsp3) is 0.0222. The van der Waals surface area contributed by atoms with Gasteiger partial charge >= 0.3 is 0 Å². The maximum atomic E-state index is 5.32. The Kier molecular flexibility index (Phi) is 6.32. The van der Waals surface area contributed by atoms with E-state index in [9.17, 15) is 0 Å². The average Bonchev–Trinajstić information content (AvgIpc) is 3.87. The van der Waals surface area contributed by atoms with Crippen LogP contribution < -0.4 is 5.32 Å². The Morgan fingerprint density at radius 3 is 1.92 bits per heavy atom. The van der Waals surface area contributed by atoms with Crippen LogP contribution in [0.5, 0.6) is 0 Å². The van der Waals surface area contributed by atoms with Gasteiger partial charge in [-0.2, -0.15) is 0 Å². The number of benzene rings is 7. The van der Waals surface area contributed by atoms with Crippen LogP contribution in [0.15, 0.2) is 168 Å². The van der Waals surface area contributed by atoms with Crippen LogP contribution in [0.2, 0.25) is 0 Å². The smallest absolute Gasteiger partial charge is 0.211 e. The zero-order valence-electron chi connectivity index (χ0n) is 27.2. The molecule has 6 heteroatoms. The highest BCUT2D eigenvalue weighted by atomic mass is 32.1. The van der Waals surface area contributed by atoms with Gasteiger partial charge in [0, 0.05) is 56.7 Å². The summed E-state index contributed by atoms with van der Waals surface area (Å²) in [6.45, 7) is 0. The van der Waals surface area contributed by atoms with Crippen LogP contribution in [0.3, 0.4) is 0 Å². The van der Waals surface area contributed by atoms with Gasteiger partial charge in [-0.25, -0.2) is 9.98 Å². The number of hydrogen-bond donors (Lipinski definition) is 1. The molecule has 0 saturated carbocycles. The lowest BCUT2D eigenvalue weighted by molar-refractivity contribution is 0.746. The van der Waals surface area contributed by atoms with Crippen LogP contribution in [0.25, 0.3) is 73.3 Å². The molecular weight excluding hydrogens is 661 g/mol. The SMILES string of the molecule is c1ccc(C2=NC(c3ccc4c(c3)sc3cc(-c5cccc6c5sc5ccccc56)ccc34)N=C(n3c4ccccc4c4ccccc43)N2)cc1. The molecule has 4 nitrogen and oxygen atoms in total. The first-order valence-electron chi connectivity index (χ1n) is 17.1. The molecule has 1 aliphatic heterocycles. The number of amidine groups is 1. The number of para-hydroxylation sites is 2. The molecule has 0 spiro atoms. The second kappa shape index (κ2) is 11.2. The molecule has 0 radical (unpaired) electrons. The van der Waals surface area contributed by atoms with Gasteiger partial charge in [0.15, 0.2) is 6.17 Å². The van der Waals surface area contributed by atoms with Gasteiger partial charge in [0.05, 0.1) is 11.0 Å². The average molecular weight is 689 g/mol. The lowest BCUT2D eigenvalue weighted by Crippen LogP contribution is -2.39. The van der Waals surface area contributed by atoms with E-state index < -0.39 is 6.17 Å². The molecule has 11 rings (SSSR count). The molecule has 0 saturated heterocycles. The van der Waals surface area contributed by atoms with Crippen molar-refractivity contribution in [1.29, 1.82) is 0 Å². The van der Waals surface area contributed by atoms with E-state index in [1.54, 1.807) is 0 Å². The molecule has 1 aliphatic rings. The number of nitrogens with zero attached hydrogens (tertiary/aromatic N) is 3. The molecule has 4 heterocycles. The van der Waals surface area contributed by atoms with E-state index in [1.807, 2.05) is 28.7 Å². The first-order valence-corrected chi connectivity index (χ1v) is 18.7. The highest BCUT2D eigenvalue weighted by molar-refractivity contribution is 7.26. The minimum atomic E-state index is -0.410. The minimum Gasteiger partial charge on any atom is -0.310 e. The van der Waals surface area contributed by atoms with Gasteiger partial charge in [-0.3, -0.25) is 4.57 Å². The van der Waals surface area contributed by atoms with Crippen molar-refractivity contribution in [3.8, 4) is 11.1 Å². The third-order valence-electron chi connectivity index (χ3n) is 10.1. The fourth-order valence-corrected chi connectivity index (χ4v) is 10.1. The highest BCUT2D eigenvalue weighted by Crippen LogP contribution is 2.43. The summed E-state index contributed by atoms with van der Waals surface area (Å²) in [5, 5.41) is 11.2. The van der Waals surface area contributed by atoms with Crippen LogP contribution >= 0.6 is 22.7 Å². The maximum absolute atomic E-state index is 5.32. The van der Waals surface area contributed by atoms with Gasteiger partial charge in [-0.15, -0.1) is 22.7 Å². The van der Waals surface area contributed by atoms with E-state index >= 15 is 0 Å². The third-order valence-corrected chi connectivity index (χ3v) is 12.4. The minimum absolute atomic E-state index is 0.410. The van der Waals surface area contributed by atoms with Gasteiger partial charge in [-0.1, -0.05) is 127 Å². The van der Waals surface area contributed by atoms with Crippen molar-refractivity contribution < 1.29 is 0 Å². The number of nitrogens with one attached hydrogen (secondary N) is 1. The molecule has 51 heavy (non-hydrogen) atoms. The van der Waals surface area contributed by atoms with Crippen LogP contribution in [0.4, 0.5) is 0 Å². The van der Waals surface area contributed by atoms with Crippen molar-refractivity contribution in [2.24, 2.45) is 9.98 Å². The molecule has 0 fully saturated rings. The summed E-state index contributed by atoms with van der Waals surface area (Å²) in [6.07, 6.45) is -0.410. The molecule has 0 aliphatic carbocycles. The molecule has 10 aromatic rings. The van der Waals surface area contributed by atoms with E-state index in [4.69, 9.17) is 9.98 Å². The number of thiophene rings is 2. The van der Waals surface area contributed by atoms with E-state index in [0.29, 0.717) is 0 Å². The normalized spacial score (nSPS) is 14.9. The molecule has 0 bridgehead atoms. The van der Waals surface area contributed by atoms with Crippen molar-refractivity contribution >= 4 is 96.6 Å². The lowest BCUT2D eigenvalue weighted by atomic mass is 10.0. The summed E-state index contributed by atoms with van der Waals surface area (Å²) in [7, 11) is 0. The second-order valence-electron chi connectivity index (χ2n) is 13.0. The van der Waals surface area contributed by atoms with Crippen LogP contribution in [-0.4, -0.2) is 16.4 Å². The topological polar surface area (TPSA) is 41.7 Å². The summed E-state index contributed by atoms with van der Waals surface area (Å²) in [4.78, 5) is 10.5. The zero-order chi connectivity index (χ0) is 33.5. The molecular formula is C45H28N4S2. The van der Waals surface area contributed by atoms with Crippen molar-refractivity contribution in [1.82, 2.24) is 9.88 Å².